The molecule has 0 saturated carbocycles. The van der Waals surface area contributed by atoms with Crippen LogP contribution in [-0.4, -0.2) is 19.6 Å². The average Bonchev–Trinajstić information content (AvgIpc) is 2.97. The van der Waals surface area contributed by atoms with Gasteiger partial charge in [-0.05, 0) is 50.1 Å². The highest BCUT2D eigenvalue weighted by molar-refractivity contribution is 7.98. The maximum Gasteiger partial charge on any atom is 0.336 e. The summed E-state index contributed by atoms with van der Waals surface area (Å²) in [6, 6.07) is 7.11. The SMILES string of the molecule is Cc1cc(C)n2c(SCc3cc(=O)oc4cc(C)c(Cl)cc34)nnc2n1. The molecule has 0 unspecified atom stereocenters. The van der Waals surface area contributed by atoms with Gasteiger partial charge in [0.15, 0.2) is 5.16 Å². The number of fused-ring (bicyclic) bond motifs is 2. The predicted octanol–water partition coefficient (Wildman–Crippen LogP) is 4.10. The number of thioether (sulfide) groups is 1. The summed E-state index contributed by atoms with van der Waals surface area (Å²) in [6.45, 7) is 5.79. The molecule has 3 aromatic heterocycles. The molecular weight excluding hydrogens is 372 g/mol. The van der Waals surface area contributed by atoms with E-state index in [2.05, 4.69) is 15.2 Å². The van der Waals surface area contributed by atoms with Crippen LogP contribution in [0.4, 0.5) is 0 Å². The van der Waals surface area contributed by atoms with Crippen LogP contribution in [0.5, 0.6) is 0 Å². The maximum absolute atomic E-state index is 11.9. The Morgan fingerprint density at radius 3 is 2.77 bits per heavy atom. The number of hydrogen-bond acceptors (Lipinski definition) is 6. The van der Waals surface area contributed by atoms with E-state index in [1.54, 1.807) is 6.07 Å². The van der Waals surface area contributed by atoms with Crippen LogP contribution in [0.2, 0.25) is 5.02 Å². The number of halogens is 1. The fraction of sp³-hybridized carbons (Fsp3) is 0.222. The lowest BCUT2D eigenvalue weighted by atomic mass is 10.1. The Hall–Kier alpha value is -2.38. The molecular formula is C18H15ClN4O2S. The first-order valence-corrected chi connectivity index (χ1v) is 9.34. The highest BCUT2D eigenvalue weighted by Crippen LogP contribution is 2.29. The van der Waals surface area contributed by atoms with Crippen molar-refractivity contribution < 1.29 is 4.42 Å². The molecule has 0 N–H and O–H groups in total. The Kier molecular flexibility index (Phi) is 4.20. The van der Waals surface area contributed by atoms with E-state index in [0.29, 0.717) is 22.1 Å². The van der Waals surface area contributed by atoms with Crippen LogP contribution in [0.3, 0.4) is 0 Å². The zero-order valence-electron chi connectivity index (χ0n) is 14.4. The van der Waals surface area contributed by atoms with E-state index in [1.807, 2.05) is 37.3 Å². The van der Waals surface area contributed by atoms with Gasteiger partial charge in [-0.2, -0.15) is 0 Å². The summed E-state index contributed by atoms with van der Waals surface area (Å²) < 4.78 is 7.22. The Morgan fingerprint density at radius 2 is 1.96 bits per heavy atom. The monoisotopic (exact) mass is 386 g/mol. The van der Waals surface area contributed by atoms with Crippen molar-refractivity contribution in [2.45, 2.75) is 31.7 Å². The average molecular weight is 387 g/mol. The molecule has 3 heterocycles. The number of benzene rings is 1. The van der Waals surface area contributed by atoms with Gasteiger partial charge in [0.25, 0.3) is 5.78 Å². The van der Waals surface area contributed by atoms with Gasteiger partial charge >= 0.3 is 5.63 Å². The van der Waals surface area contributed by atoms with Gasteiger partial charge in [0.05, 0.1) is 0 Å². The third kappa shape index (κ3) is 2.97. The van der Waals surface area contributed by atoms with Crippen LogP contribution in [-0.2, 0) is 5.75 Å². The second kappa shape index (κ2) is 6.41. The molecule has 132 valence electrons. The first-order chi connectivity index (χ1) is 12.4. The van der Waals surface area contributed by atoms with E-state index in [4.69, 9.17) is 16.0 Å². The van der Waals surface area contributed by atoms with Crippen molar-refractivity contribution in [2.75, 3.05) is 0 Å². The lowest BCUT2D eigenvalue weighted by Gasteiger charge is -2.07. The summed E-state index contributed by atoms with van der Waals surface area (Å²) in [5, 5.41) is 10.6. The molecule has 0 saturated heterocycles. The largest absolute Gasteiger partial charge is 0.423 e. The van der Waals surface area contributed by atoms with Gasteiger partial charge in [0, 0.05) is 33.6 Å². The summed E-state index contributed by atoms with van der Waals surface area (Å²) in [7, 11) is 0. The molecule has 4 rings (SSSR count). The van der Waals surface area contributed by atoms with Gasteiger partial charge in [0.2, 0.25) is 0 Å². The van der Waals surface area contributed by atoms with Crippen molar-refractivity contribution in [3.8, 4) is 0 Å². The summed E-state index contributed by atoms with van der Waals surface area (Å²) in [4.78, 5) is 16.3. The molecule has 1 aromatic carbocycles. The van der Waals surface area contributed by atoms with E-state index in [0.717, 1.165) is 33.1 Å². The number of hydrogen-bond donors (Lipinski definition) is 0. The fourth-order valence-electron chi connectivity index (χ4n) is 2.90. The summed E-state index contributed by atoms with van der Waals surface area (Å²) in [5.41, 5.74) is 3.78. The standard InChI is InChI=1S/C18H15ClN4O2S/c1-9-4-15-13(7-14(9)19)12(6-16(24)25-15)8-26-18-22-21-17-20-10(2)5-11(3)23(17)18/h4-7H,8H2,1-3H3. The normalized spacial score (nSPS) is 11.5. The fourth-order valence-corrected chi connectivity index (χ4v) is 4.04. The molecule has 6 nitrogen and oxygen atoms in total. The molecule has 4 aromatic rings. The molecule has 0 aliphatic heterocycles. The molecule has 0 radical (unpaired) electrons. The molecule has 0 amide bonds. The number of rotatable bonds is 3. The Bertz CT molecular complexity index is 1220. The first kappa shape index (κ1) is 17.1. The van der Waals surface area contributed by atoms with Crippen molar-refractivity contribution in [1.29, 1.82) is 0 Å². The lowest BCUT2D eigenvalue weighted by molar-refractivity contribution is 0.559. The van der Waals surface area contributed by atoms with Gasteiger partial charge in [-0.1, -0.05) is 23.4 Å². The van der Waals surface area contributed by atoms with Crippen LogP contribution in [0.1, 0.15) is 22.5 Å². The van der Waals surface area contributed by atoms with E-state index < -0.39 is 0 Å². The molecule has 0 atom stereocenters. The summed E-state index contributed by atoms with van der Waals surface area (Å²) in [5.74, 6) is 1.11. The Balaban J connectivity index is 1.75. The summed E-state index contributed by atoms with van der Waals surface area (Å²) in [6.07, 6.45) is 0. The topological polar surface area (TPSA) is 73.3 Å². The maximum atomic E-state index is 11.9. The zero-order chi connectivity index (χ0) is 18.4. The Morgan fingerprint density at radius 1 is 1.15 bits per heavy atom. The van der Waals surface area contributed by atoms with Gasteiger partial charge < -0.3 is 4.42 Å². The quantitative estimate of drug-likeness (QED) is 0.390. The molecule has 0 fully saturated rings. The van der Waals surface area contributed by atoms with Crippen LogP contribution in [0, 0.1) is 20.8 Å². The lowest BCUT2D eigenvalue weighted by Crippen LogP contribution is -2.01. The van der Waals surface area contributed by atoms with Crippen molar-refractivity contribution >= 4 is 40.1 Å². The minimum atomic E-state index is -0.380. The first-order valence-electron chi connectivity index (χ1n) is 7.97. The number of aryl methyl sites for hydroxylation is 3. The van der Waals surface area contributed by atoms with Gasteiger partial charge in [-0.15, -0.1) is 10.2 Å². The summed E-state index contributed by atoms with van der Waals surface area (Å²) >= 11 is 7.74. The van der Waals surface area contributed by atoms with Crippen LogP contribution in [0.25, 0.3) is 16.7 Å². The second-order valence-corrected chi connectivity index (χ2v) is 7.48. The van der Waals surface area contributed by atoms with Gasteiger partial charge in [-0.25, -0.2) is 9.78 Å². The van der Waals surface area contributed by atoms with Crippen molar-refractivity contribution in [3.05, 3.63) is 62.2 Å². The highest BCUT2D eigenvalue weighted by atomic mass is 35.5. The molecule has 0 aliphatic rings. The van der Waals surface area contributed by atoms with Crippen molar-refractivity contribution in [2.24, 2.45) is 0 Å². The van der Waals surface area contributed by atoms with E-state index in [9.17, 15) is 4.79 Å². The second-order valence-electron chi connectivity index (χ2n) is 6.13. The number of nitrogens with zero attached hydrogens (tertiary/aromatic N) is 4. The van der Waals surface area contributed by atoms with Gasteiger partial charge in [0.1, 0.15) is 5.58 Å². The Labute approximate surface area is 158 Å². The molecule has 0 spiro atoms. The van der Waals surface area contributed by atoms with E-state index in [1.165, 1.54) is 17.8 Å². The van der Waals surface area contributed by atoms with Crippen LogP contribution < -0.4 is 5.63 Å². The zero-order valence-corrected chi connectivity index (χ0v) is 16.0. The molecule has 0 bridgehead atoms. The third-order valence-electron chi connectivity index (χ3n) is 4.13. The minimum absolute atomic E-state index is 0.380. The van der Waals surface area contributed by atoms with Gasteiger partial charge in [-0.3, -0.25) is 4.40 Å². The van der Waals surface area contributed by atoms with Crippen LogP contribution >= 0.6 is 23.4 Å². The smallest absolute Gasteiger partial charge is 0.336 e. The molecule has 0 aliphatic carbocycles. The predicted molar refractivity (Wildman–Crippen MR) is 102 cm³/mol. The molecule has 8 heteroatoms. The van der Waals surface area contributed by atoms with Crippen molar-refractivity contribution in [3.63, 3.8) is 0 Å². The van der Waals surface area contributed by atoms with Crippen molar-refractivity contribution in [1.82, 2.24) is 19.6 Å². The minimum Gasteiger partial charge on any atom is -0.423 e. The molecule has 26 heavy (non-hydrogen) atoms. The van der Waals surface area contributed by atoms with E-state index >= 15 is 0 Å². The van der Waals surface area contributed by atoms with Crippen LogP contribution in [0.15, 0.2) is 38.6 Å². The number of aromatic nitrogens is 4. The highest BCUT2D eigenvalue weighted by Gasteiger charge is 2.13. The third-order valence-corrected chi connectivity index (χ3v) is 5.51. The van der Waals surface area contributed by atoms with E-state index in [-0.39, 0.29) is 5.63 Å².